The summed E-state index contributed by atoms with van der Waals surface area (Å²) in [5.74, 6) is 0.0356. The van der Waals surface area contributed by atoms with Gasteiger partial charge in [0, 0.05) is 17.5 Å². The molecule has 1 aliphatic rings. The van der Waals surface area contributed by atoms with Gasteiger partial charge in [0.15, 0.2) is 0 Å². The lowest BCUT2D eigenvalue weighted by molar-refractivity contribution is -0.131. The standard InChI is InChI=1S/C10H18BrNO2/c1-10(2,5-6-11)12-9(13)8-4-3-7-14-8/h8H,3-7H2,1-2H3,(H,12,13). The molecule has 1 unspecified atom stereocenters. The molecule has 1 fully saturated rings. The van der Waals surface area contributed by atoms with Gasteiger partial charge in [0.1, 0.15) is 6.10 Å². The molecule has 4 heteroatoms. The van der Waals surface area contributed by atoms with Crippen LogP contribution in [0.3, 0.4) is 0 Å². The molecule has 0 aromatic carbocycles. The highest BCUT2D eigenvalue weighted by molar-refractivity contribution is 9.09. The summed E-state index contributed by atoms with van der Waals surface area (Å²) in [6.45, 7) is 4.78. The van der Waals surface area contributed by atoms with E-state index in [1.165, 1.54) is 0 Å². The normalized spacial score (nSPS) is 22.4. The number of hydrogen-bond acceptors (Lipinski definition) is 2. The number of halogens is 1. The van der Waals surface area contributed by atoms with E-state index in [0.29, 0.717) is 0 Å². The first kappa shape index (κ1) is 12.0. The van der Waals surface area contributed by atoms with Crippen LogP contribution in [0.25, 0.3) is 0 Å². The number of carbonyl (C=O) groups is 1. The molecule has 0 bridgehead atoms. The van der Waals surface area contributed by atoms with Gasteiger partial charge in [-0.1, -0.05) is 15.9 Å². The average Bonchev–Trinajstić information content (AvgIpc) is 2.53. The van der Waals surface area contributed by atoms with E-state index >= 15 is 0 Å². The monoisotopic (exact) mass is 263 g/mol. The first-order chi connectivity index (χ1) is 6.55. The number of rotatable bonds is 4. The van der Waals surface area contributed by atoms with Crippen molar-refractivity contribution in [1.29, 1.82) is 0 Å². The van der Waals surface area contributed by atoms with Gasteiger partial charge in [-0.2, -0.15) is 0 Å². The van der Waals surface area contributed by atoms with E-state index in [2.05, 4.69) is 21.2 Å². The van der Waals surface area contributed by atoms with E-state index in [4.69, 9.17) is 4.74 Å². The van der Waals surface area contributed by atoms with Crippen LogP contribution in [0, 0.1) is 0 Å². The first-order valence-corrected chi connectivity index (χ1v) is 6.17. The van der Waals surface area contributed by atoms with Crippen molar-refractivity contribution < 1.29 is 9.53 Å². The quantitative estimate of drug-likeness (QED) is 0.787. The number of carbonyl (C=O) groups excluding carboxylic acids is 1. The molecule has 82 valence electrons. The van der Waals surface area contributed by atoms with Gasteiger partial charge < -0.3 is 10.1 Å². The summed E-state index contributed by atoms with van der Waals surface area (Å²) in [4.78, 5) is 11.7. The third kappa shape index (κ3) is 3.58. The molecule has 0 radical (unpaired) electrons. The number of ether oxygens (including phenoxy) is 1. The van der Waals surface area contributed by atoms with Gasteiger partial charge >= 0.3 is 0 Å². The molecule has 0 aromatic rings. The van der Waals surface area contributed by atoms with E-state index in [1.807, 2.05) is 13.8 Å². The highest BCUT2D eigenvalue weighted by Crippen LogP contribution is 2.15. The van der Waals surface area contributed by atoms with Crippen molar-refractivity contribution in [2.24, 2.45) is 0 Å². The van der Waals surface area contributed by atoms with Crippen molar-refractivity contribution in [2.75, 3.05) is 11.9 Å². The molecule has 1 amide bonds. The summed E-state index contributed by atoms with van der Waals surface area (Å²) in [5, 5.41) is 3.90. The lowest BCUT2D eigenvalue weighted by Crippen LogP contribution is -2.47. The largest absolute Gasteiger partial charge is 0.368 e. The number of nitrogens with one attached hydrogen (secondary N) is 1. The second-order valence-electron chi connectivity index (χ2n) is 4.31. The minimum Gasteiger partial charge on any atom is -0.368 e. The van der Waals surface area contributed by atoms with Gasteiger partial charge in [-0.3, -0.25) is 4.79 Å². The molecular weight excluding hydrogens is 246 g/mol. The third-order valence-corrected chi connectivity index (χ3v) is 2.80. The summed E-state index contributed by atoms with van der Waals surface area (Å²) < 4.78 is 5.31. The molecular formula is C10H18BrNO2. The molecule has 0 aliphatic carbocycles. The zero-order valence-corrected chi connectivity index (χ0v) is 10.4. The van der Waals surface area contributed by atoms with Crippen LogP contribution >= 0.6 is 15.9 Å². The lowest BCUT2D eigenvalue weighted by atomic mass is 10.0. The maximum atomic E-state index is 11.7. The predicted octanol–water partition coefficient (Wildman–Crippen LogP) is 1.85. The molecule has 1 aliphatic heterocycles. The molecule has 1 saturated heterocycles. The van der Waals surface area contributed by atoms with E-state index < -0.39 is 0 Å². The fourth-order valence-electron chi connectivity index (χ4n) is 1.50. The van der Waals surface area contributed by atoms with Gasteiger partial charge in [-0.15, -0.1) is 0 Å². The molecule has 0 saturated carbocycles. The van der Waals surface area contributed by atoms with Gasteiger partial charge in [0.05, 0.1) is 0 Å². The topological polar surface area (TPSA) is 38.3 Å². The molecule has 0 aromatic heterocycles. The van der Waals surface area contributed by atoms with Crippen LogP contribution in [0.2, 0.25) is 0 Å². The fourth-order valence-corrected chi connectivity index (χ4v) is 2.49. The molecule has 1 rings (SSSR count). The molecule has 1 atom stereocenters. The van der Waals surface area contributed by atoms with Crippen molar-refractivity contribution >= 4 is 21.8 Å². The Bertz CT molecular complexity index is 200. The van der Waals surface area contributed by atoms with Crippen LogP contribution in [-0.4, -0.2) is 29.5 Å². The minimum absolute atomic E-state index is 0.0356. The second-order valence-corrected chi connectivity index (χ2v) is 5.11. The summed E-state index contributed by atoms with van der Waals surface area (Å²) in [5.41, 5.74) is -0.146. The van der Waals surface area contributed by atoms with Crippen molar-refractivity contribution in [2.45, 2.75) is 44.8 Å². The highest BCUT2D eigenvalue weighted by Gasteiger charge is 2.28. The summed E-state index contributed by atoms with van der Waals surface area (Å²) in [6, 6.07) is 0. The third-order valence-electron chi connectivity index (χ3n) is 2.40. The number of amides is 1. The Balaban J connectivity index is 2.38. The zero-order valence-electron chi connectivity index (χ0n) is 8.81. The Kier molecular flexibility index (Phi) is 4.38. The average molecular weight is 264 g/mol. The smallest absolute Gasteiger partial charge is 0.249 e. The molecule has 1 heterocycles. The molecule has 14 heavy (non-hydrogen) atoms. The SMILES string of the molecule is CC(C)(CCBr)NC(=O)C1CCCO1. The maximum absolute atomic E-state index is 11.7. The number of alkyl halides is 1. The van der Waals surface area contributed by atoms with Crippen LogP contribution in [0.15, 0.2) is 0 Å². The van der Waals surface area contributed by atoms with Gasteiger partial charge in [0.2, 0.25) is 5.91 Å². The van der Waals surface area contributed by atoms with Gasteiger partial charge in [-0.05, 0) is 33.1 Å². The van der Waals surface area contributed by atoms with Crippen molar-refractivity contribution in [3.05, 3.63) is 0 Å². The second kappa shape index (κ2) is 5.12. The first-order valence-electron chi connectivity index (χ1n) is 5.05. The van der Waals surface area contributed by atoms with E-state index in [-0.39, 0.29) is 17.6 Å². The van der Waals surface area contributed by atoms with Crippen molar-refractivity contribution in [1.82, 2.24) is 5.32 Å². The van der Waals surface area contributed by atoms with Crippen LogP contribution in [-0.2, 0) is 9.53 Å². The number of hydrogen-bond donors (Lipinski definition) is 1. The molecule has 3 nitrogen and oxygen atoms in total. The Morgan fingerprint density at radius 2 is 2.36 bits per heavy atom. The van der Waals surface area contributed by atoms with E-state index in [0.717, 1.165) is 31.2 Å². The van der Waals surface area contributed by atoms with Crippen LogP contribution in [0.1, 0.15) is 33.1 Å². The molecule has 1 N–H and O–H groups in total. The Labute approximate surface area is 93.7 Å². The van der Waals surface area contributed by atoms with Crippen LogP contribution in [0.4, 0.5) is 0 Å². The zero-order chi connectivity index (χ0) is 10.6. The maximum Gasteiger partial charge on any atom is 0.249 e. The summed E-state index contributed by atoms with van der Waals surface area (Å²) >= 11 is 3.38. The van der Waals surface area contributed by atoms with Crippen molar-refractivity contribution in [3.8, 4) is 0 Å². The van der Waals surface area contributed by atoms with Crippen LogP contribution < -0.4 is 5.32 Å². The highest BCUT2D eigenvalue weighted by atomic mass is 79.9. The Morgan fingerprint density at radius 3 is 2.86 bits per heavy atom. The summed E-state index contributed by atoms with van der Waals surface area (Å²) in [6.07, 6.45) is 2.56. The Morgan fingerprint density at radius 1 is 1.64 bits per heavy atom. The van der Waals surface area contributed by atoms with Gasteiger partial charge in [0.25, 0.3) is 0 Å². The van der Waals surface area contributed by atoms with Gasteiger partial charge in [-0.25, -0.2) is 0 Å². The molecule has 0 spiro atoms. The van der Waals surface area contributed by atoms with Crippen LogP contribution in [0.5, 0.6) is 0 Å². The van der Waals surface area contributed by atoms with E-state index in [9.17, 15) is 4.79 Å². The predicted molar refractivity (Wildman–Crippen MR) is 59.6 cm³/mol. The van der Waals surface area contributed by atoms with E-state index in [1.54, 1.807) is 0 Å². The minimum atomic E-state index is -0.218. The lowest BCUT2D eigenvalue weighted by Gasteiger charge is -2.26. The Hall–Kier alpha value is -0.0900. The summed E-state index contributed by atoms with van der Waals surface area (Å²) in [7, 11) is 0. The fraction of sp³-hybridized carbons (Fsp3) is 0.900. The van der Waals surface area contributed by atoms with Crippen molar-refractivity contribution in [3.63, 3.8) is 0 Å².